The van der Waals surface area contributed by atoms with Crippen molar-refractivity contribution in [1.29, 1.82) is 0 Å². The van der Waals surface area contributed by atoms with Crippen molar-refractivity contribution in [1.82, 2.24) is 15.8 Å². The Morgan fingerprint density at radius 1 is 1.20 bits per heavy atom. The number of thioether (sulfide) groups is 1. The molecule has 2 N–H and O–H groups in total. The molecule has 0 spiro atoms. The molecule has 1 aromatic carbocycles. The van der Waals surface area contributed by atoms with Crippen LogP contribution >= 0.6 is 11.8 Å². The topological polar surface area (TPSA) is 62.5 Å². The summed E-state index contributed by atoms with van der Waals surface area (Å²) in [5, 5.41) is 10.8. The van der Waals surface area contributed by atoms with Crippen LogP contribution in [-0.4, -0.2) is 30.5 Å². The summed E-state index contributed by atoms with van der Waals surface area (Å²) in [7, 11) is 1.77. The van der Waals surface area contributed by atoms with E-state index in [-0.39, 0.29) is 0 Å². The lowest BCUT2D eigenvalue weighted by atomic mass is 9.99. The van der Waals surface area contributed by atoms with E-state index in [0.29, 0.717) is 12.5 Å². The number of nitrogens with zero attached hydrogens (tertiary/aromatic N) is 2. The first-order valence-electron chi connectivity index (χ1n) is 8.84. The number of rotatable bonds is 9. The van der Waals surface area contributed by atoms with Crippen LogP contribution in [0.2, 0.25) is 0 Å². The van der Waals surface area contributed by atoms with Gasteiger partial charge in [-0.15, -0.1) is 11.8 Å². The molecule has 0 aliphatic carbocycles. The van der Waals surface area contributed by atoms with Gasteiger partial charge in [0.05, 0.1) is 12.2 Å². The van der Waals surface area contributed by atoms with E-state index in [4.69, 9.17) is 4.52 Å². The van der Waals surface area contributed by atoms with Gasteiger partial charge < -0.3 is 15.2 Å². The minimum absolute atomic E-state index is 0.477. The summed E-state index contributed by atoms with van der Waals surface area (Å²) < 4.78 is 5.43. The van der Waals surface area contributed by atoms with Crippen molar-refractivity contribution in [3.05, 3.63) is 47.9 Å². The Kier molecular flexibility index (Phi) is 8.39. The Morgan fingerprint density at radius 2 is 1.96 bits per heavy atom. The first-order chi connectivity index (χ1) is 12.3. The lowest BCUT2D eigenvalue weighted by molar-refractivity contribution is 0.368. The quantitative estimate of drug-likeness (QED) is 0.306. The van der Waals surface area contributed by atoms with Crippen molar-refractivity contribution >= 4 is 17.7 Å². The van der Waals surface area contributed by atoms with Crippen LogP contribution in [0.5, 0.6) is 0 Å². The molecule has 0 aliphatic heterocycles. The molecule has 0 unspecified atom stereocenters. The molecule has 1 aromatic heterocycles. The molecule has 6 heteroatoms. The van der Waals surface area contributed by atoms with Crippen LogP contribution in [0, 0.1) is 0 Å². The van der Waals surface area contributed by atoms with E-state index in [9.17, 15) is 0 Å². The maximum atomic E-state index is 5.43. The van der Waals surface area contributed by atoms with Gasteiger partial charge in [-0.05, 0) is 25.0 Å². The van der Waals surface area contributed by atoms with E-state index >= 15 is 0 Å². The second-order valence-electron chi connectivity index (χ2n) is 5.75. The van der Waals surface area contributed by atoms with Gasteiger partial charge in [-0.1, -0.05) is 37.2 Å². The van der Waals surface area contributed by atoms with Crippen molar-refractivity contribution in [3.8, 4) is 0 Å². The smallest absolute Gasteiger partial charge is 0.191 e. The van der Waals surface area contributed by atoms with Gasteiger partial charge >= 0.3 is 0 Å². The fourth-order valence-electron chi connectivity index (χ4n) is 2.56. The highest BCUT2D eigenvalue weighted by Crippen LogP contribution is 2.22. The number of aliphatic imine (C=N–C) groups is 1. The van der Waals surface area contributed by atoms with Gasteiger partial charge in [0.15, 0.2) is 11.7 Å². The maximum absolute atomic E-state index is 5.43. The highest BCUT2D eigenvalue weighted by Gasteiger charge is 2.13. The molecule has 1 heterocycles. The van der Waals surface area contributed by atoms with Gasteiger partial charge in [0.1, 0.15) is 0 Å². The van der Waals surface area contributed by atoms with Crippen LogP contribution in [0.15, 0.2) is 50.8 Å². The van der Waals surface area contributed by atoms with Gasteiger partial charge in [0.25, 0.3) is 0 Å². The summed E-state index contributed by atoms with van der Waals surface area (Å²) in [5.41, 5.74) is 1.05. The van der Waals surface area contributed by atoms with Gasteiger partial charge in [-0.3, -0.25) is 4.99 Å². The third-order valence-electron chi connectivity index (χ3n) is 4.04. The summed E-state index contributed by atoms with van der Waals surface area (Å²) in [6.07, 6.45) is 2.16. The standard InChI is InChI=1S/C19H28N4OS/c1-4-15(5-2)18-13-16(24-23-18)14-22-19(20-3)21-11-12-25-17-9-7-6-8-10-17/h6-10,13,15H,4-5,11-12,14H2,1-3H3,(H2,20,21,22). The average Bonchev–Trinajstić information content (AvgIpc) is 3.12. The van der Waals surface area contributed by atoms with E-state index in [1.54, 1.807) is 7.05 Å². The van der Waals surface area contributed by atoms with E-state index < -0.39 is 0 Å². The Hall–Kier alpha value is -1.95. The van der Waals surface area contributed by atoms with E-state index in [0.717, 1.165) is 42.6 Å². The lowest BCUT2D eigenvalue weighted by Gasteiger charge is -2.10. The van der Waals surface area contributed by atoms with Crippen molar-refractivity contribution in [2.75, 3.05) is 19.3 Å². The van der Waals surface area contributed by atoms with Gasteiger partial charge in [-0.2, -0.15) is 0 Å². The summed E-state index contributed by atoms with van der Waals surface area (Å²) in [5.74, 6) is 3.06. The van der Waals surface area contributed by atoms with Crippen LogP contribution in [0.3, 0.4) is 0 Å². The molecule has 0 aliphatic rings. The van der Waals surface area contributed by atoms with Gasteiger partial charge in [0.2, 0.25) is 0 Å². The Bertz CT molecular complexity index is 638. The van der Waals surface area contributed by atoms with Gasteiger partial charge in [0, 0.05) is 36.2 Å². The van der Waals surface area contributed by atoms with E-state index in [1.807, 2.05) is 23.9 Å². The highest BCUT2D eigenvalue weighted by molar-refractivity contribution is 7.99. The first kappa shape index (κ1) is 19.4. The molecule has 0 saturated carbocycles. The molecule has 0 saturated heterocycles. The summed E-state index contributed by atoms with van der Waals surface area (Å²) >= 11 is 1.83. The zero-order valence-corrected chi connectivity index (χ0v) is 16.1. The fraction of sp³-hybridized carbons (Fsp3) is 0.474. The van der Waals surface area contributed by atoms with Crippen LogP contribution < -0.4 is 10.6 Å². The zero-order chi connectivity index (χ0) is 17.9. The predicted octanol–water partition coefficient (Wildman–Crippen LogP) is 4.04. The Morgan fingerprint density at radius 3 is 2.64 bits per heavy atom. The Labute approximate surface area is 154 Å². The number of aromatic nitrogens is 1. The number of benzene rings is 1. The molecule has 5 nitrogen and oxygen atoms in total. The Balaban J connectivity index is 1.71. The number of hydrogen-bond donors (Lipinski definition) is 2. The molecule has 0 bridgehead atoms. The second kappa shape index (κ2) is 10.8. The fourth-order valence-corrected chi connectivity index (χ4v) is 3.35. The number of guanidine groups is 1. The summed E-state index contributed by atoms with van der Waals surface area (Å²) in [6, 6.07) is 12.4. The molecular weight excluding hydrogens is 332 g/mol. The molecule has 0 fully saturated rings. The predicted molar refractivity (Wildman–Crippen MR) is 105 cm³/mol. The van der Waals surface area contributed by atoms with Crippen LogP contribution in [0.25, 0.3) is 0 Å². The molecule has 0 amide bonds. The normalized spacial score (nSPS) is 11.8. The van der Waals surface area contributed by atoms with Crippen LogP contribution in [-0.2, 0) is 6.54 Å². The minimum atomic E-state index is 0.477. The largest absolute Gasteiger partial charge is 0.359 e. The molecular formula is C19H28N4OS. The molecule has 25 heavy (non-hydrogen) atoms. The van der Waals surface area contributed by atoms with E-state index in [2.05, 4.69) is 58.9 Å². The average molecular weight is 361 g/mol. The number of hydrogen-bond acceptors (Lipinski definition) is 4. The van der Waals surface area contributed by atoms with Crippen molar-refractivity contribution < 1.29 is 4.52 Å². The monoisotopic (exact) mass is 360 g/mol. The summed E-state index contributed by atoms with van der Waals surface area (Å²) in [4.78, 5) is 5.53. The maximum Gasteiger partial charge on any atom is 0.191 e. The molecule has 2 aromatic rings. The van der Waals surface area contributed by atoms with Gasteiger partial charge in [-0.25, -0.2) is 0 Å². The lowest BCUT2D eigenvalue weighted by Crippen LogP contribution is -2.37. The molecule has 0 radical (unpaired) electrons. The summed E-state index contributed by atoms with van der Waals surface area (Å²) in [6.45, 7) is 5.78. The van der Waals surface area contributed by atoms with E-state index in [1.165, 1.54) is 4.90 Å². The molecule has 2 rings (SSSR count). The minimum Gasteiger partial charge on any atom is -0.359 e. The highest BCUT2D eigenvalue weighted by atomic mass is 32.2. The third-order valence-corrected chi connectivity index (χ3v) is 5.05. The van der Waals surface area contributed by atoms with Crippen LogP contribution in [0.1, 0.15) is 44.1 Å². The van der Waals surface area contributed by atoms with Crippen molar-refractivity contribution in [2.45, 2.75) is 44.0 Å². The third kappa shape index (κ3) is 6.46. The van der Waals surface area contributed by atoms with Crippen molar-refractivity contribution in [3.63, 3.8) is 0 Å². The zero-order valence-electron chi connectivity index (χ0n) is 15.3. The number of nitrogens with one attached hydrogen (secondary N) is 2. The molecule has 0 atom stereocenters. The molecule has 136 valence electrons. The first-order valence-corrected chi connectivity index (χ1v) is 9.83. The second-order valence-corrected chi connectivity index (χ2v) is 6.91. The van der Waals surface area contributed by atoms with Crippen molar-refractivity contribution in [2.24, 2.45) is 4.99 Å². The SMILES string of the molecule is CCC(CC)c1cc(CNC(=NC)NCCSc2ccccc2)on1. The van der Waals surface area contributed by atoms with Crippen LogP contribution in [0.4, 0.5) is 0 Å².